The van der Waals surface area contributed by atoms with Crippen LogP contribution in [0.1, 0.15) is 25.2 Å². The highest BCUT2D eigenvalue weighted by Gasteiger charge is 2.13. The highest BCUT2D eigenvalue weighted by molar-refractivity contribution is 5.25. The monoisotopic (exact) mass is 262 g/mol. The van der Waals surface area contributed by atoms with Crippen LogP contribution in [0.5, 0.6) is 0 Å². The van der Waals surface area contributed by atoms with E-state index in [2.05, 4.69) is 25.5 Å². The lowest BCUT2D eigenvalue weighted by atomic mass is 10.3. The number of ether oxygens (including phenoxy) is 1. The molecule has 0 radical (unpaired) electrons. The largest absolute Gasteiger partial charge is 0.385 e. The van der Waals surface area contributed by atoms with E-state index < -0.39 is 0 Å². The van der Waals surface area contributed by atoms with Gasteiger partial charge in [0.1, 0.15) is 6.33 Å². The average Bonchev–Trinajstić information content (AvgIpc) is 2.89. The topological polar surface area (TPSA) is 77.8 Å². The molecule has 0 bridgehead atoms. The summed E-state index contributed by atoms with van der Waals surface area (Å²) < 4.78 is 7.06. The van der Waals surface area contributed by atoms with E-state index in [9.17, 15) is 0 Å². The fraction of sp³-hybridized carbons (Fsp3) is 0.500. The summed E-state index contributed by atoms with van der Waals surface area (Å²) in [6, 6.07) is 1.77. The first-order valence-corrected chi connectivity index (χ1v) is 6.21. The maximum Gasteiger partial charge on any atom is 0.223 e. The number of nitrogens with one attached hydrogen (secondary N) is 1. The minimum atomic E-state index is -0.00700. The lowest BCUT2D eigenvalue weighted by molar-refractivity contribution is 0.190. The molecule has 19 heavy (non-hydrogen) atoms. The third-order valence-corrected chi connectivity index (χ3v) is 2.69. The van der Waals surface area contributed by atoms with Crippen LogP contribution in [-0.2, 0) is 11.3 Å². The van der Waals surface area contributed by atoms with E-state index in [1.54, 1.807) is 31.9 Å². The van der Waals surface area contributed by atoms with Gasteiger partial charge < -0.3 is 14.6 Å². The smallest absolute Gasteiger partial charge is 0.223 e. The van der Waals surface area contributed by atoms with E-state index in [0.717, 1.165) is 25.4 Å². The fourth-order valence-electron chi connectivity index (χ4n) is 1.78. The summed E-state index contributed by atoms with van der Waals surface area (Å²) in [6.45, 7) is 3.56. The lowest BCUT2D eigenvalue weighted by Crippen LogP contribution is -2.15. The Balaban J connectivity index is 1.99. The standard InChI is InChI=1S/C12H18N6O/c1-10(16-12-13-5-3-6-14-12)11-17-15-9-18(11)7-4-8-19-2/h3,5-6,9-10H,4,7-8H2,1-2H3,(H,13,14,16)/t10-/m0/s1. The van der Waals surface area contributed by atoms with Gasteiger partial charge >= 0.3 is 0 Å². The normalized spacial score (nSPS) is 12.3. The van der Waals surface area contributed by atoms with Crippen molar-refractivity contribution in [2.75, 3.05) is 19.0 Å². The van der Waals surface area contributed by atoms with Gasteiger partial charge in [-0.05, 0) is 19.4 Å². The minimum absolute atomic E-state index is 0.00700. The Morgan fingerprint density at radius 3 is 2.89 bits per heavy atom. The minimum Gasteiger partial charge on any atom is -0.385 e. The number of methoxy groups -OCH3 is 1. The molecule has 1 N–H and O–H groups in total. The SMILES string of the molecule is COCCCn1cnnc1[C@H](C)Nc1ncccn1. The molecule has 0 aliphatic heterocycles. The van der Waals surface area contributed by atoms with Crippen LogP contribution in [0.25, 0.3) is 0 Å². The number of rotatable bonds is 7. The number of aryl methyl sites for hydroxylation is 1. The molecule has 7 heteroatoms. The molecule has 0 aliphatic rings. The van der Waals surface area contributed by atoms with Crippen molar-refractivity contribution in [3.63, 3.8) is 0 Å². The van der Waals surface area contributed by atoms with Gasteiger partial charge in [-0.25, -0.2) is 9.97 Å². The number of hydrogen-bond donors (Lipinski definition) is 1. The summed E-state index contributed by atoms with van der Waals surface area (Å²) in [5, 5.41) is 11.3. The molecule has 102 valence electrons. The van der Waals surface area contributed by atoms with Crippen molar-refractivity contribution >= 4 is 5.95 Å². The summed E-state index contributed by atoms with van der Waals surface area (Å²) in [5.74, 6) is 1.45. The summed E-state index contributed by atoms with van der Waals surface area (Å²) in [6.07, 6.45) is 6.06. The molecule has 0 aliphatic carbocycles. The summed E-state index contributed by atoms with van der Waals surface area (Å²) in [7, 11) is 1.70. The van der Waals surface area contributed by atoms with Gasteiger partial charge in [0.25, 0.3) is 0 Å². The van der Waals surface area contributed by atoms with Crippen LogP contribution in [0.4, 0.5) is 5.95 Å². The van der Waals surface area contributed by atoms with Crippen LogP contribution in [0.15, 0.2) is 24.8 Å². The van der Waals surface area contributed by atoms with Crippen molar-refractivity contribution in [2.45, 2.75) is 25.9 Å². The molecule has 0 saturated carbocycles. The highest BCUT2D eigenvalue weighted by Crippen LogP contribution is 2.14. The van der Waals surface area contributed by atoms with Gasteiger partial charge in [0, 0.05) is 32.7 Å². The van der Waals surface area contributed by atoms with Gasteiger partial charge in [-0.3, -0.25) is 0 Å². The molecule has 0 spiro atoms. The Morgan fingerprint density at radius 1 is 1.37 bits per heavy atom. The summed E-state index contributed by atoms with van der Waals surface area (Å²) in [4.78, 5) is 8.27. The first-order chi connectivity index (χ1) is 9.31. The Bertz CT molecular complexity index is 486. The number of nitrogens with zero attached hydrogens (tertiary/aromatic N) is 5. The van der Waals surface area contributed by atoms with E-state index in [-0.39, 0.29) is 6.04 Å². The van der Waals surface area contributed by atoms with Crippen molar-refractivity contribution in [1.29, 1.82) is 0 Å². The van der Waals surface area contributed by atoms with E-state index in [0.29, 0.717) is 5.95 Å². The molecule has 2 aromatic rings. The van der Waals surface area contributed by atoms with Crippen LogP contribution >= 0.6 is 0 Å². The predicted molar refractivity (Wildman–Crippen MR) is 70.6 cm³/mol. The van der Waals surface area contributed by atoms with Crippen molar-refractivity contribution in [1.82, 2.24) is 24.7 Å². The molecule has 0 aromatic carbocycles. The van der Waals surface area contributed by atoms with Gasteiger partial charge in [0.2, 0.25) is 5.95 Å². The molecule has 0 amide bonds. The van der Waals surface area contributed by atoms with E-state index in [1.165, 1.54) is 0 Å². The van der Waals surface area contributed by atoms with E-state index in [1.807, 2.05) is 11.5 Å². The fourth-order valence-corrected chi connectivity index (χ4v) is 1.78. The third-order valence-electron chi connectivity index (χ3n) is 2.69. The van der Waals surface area contributed by atoms with Crippen LogP contribution in [-0.4, -0.2) is 38.4 Å². The molecule has 0 saturated heterocycles. The van der Waals surface area contributed by atoms with Crippen LogP contribution in [0, 0.1) is 0 Å². The quantitative estimate of drug-likeness (QED) is 0.757. The van der Waals surface area contributed by atoms with Crippen molar-refractivity contribution in [2.24, 2.45) is 0 Å². The average molecular weight is 262 g/mol. The van der Waals surface area contributed by atoms with E-state index >= 15 is 0 Å². The zero-order chi connectivity index (χ0) is 13.5. The van der Waals surface area contributed by atoms with Crippen molar-refractivity contribution in [3.05, 3.63) is 30.6 Å². The van der Waals surface area contributed by atoms with E-state index in [4.69, 9.17) is 4.74 Å². The molecule has 0 unspecified atom stereocenters. The maximum absolute atomic E-state index is 5.05. The zero-order valence-electron chi connectivity index (χ0n) is 11.2. The van der Waals surface area contributed by atoms with Crippen LogP contribution < -0.4 is 5.32 Å². The first kappa shape index (κ1) is 13.4. The number of anilines is 1. The second kappa shape index (κ2) is 6.79. The Labute approximate surface area is 112 Å². The molecule has 2 aromatic heterocycles. The predicted octanol–water partition coefficient (Wildman–Crippen LogP) is 1.28. The molecule has 7 nitrogen and oxygen atoms in total. The molecule has 2 rings (SSSR count). The zero-order valence-corrected chi connectivity index (χ0v) is 11.2. The van der Waals surface area contributed by atoms with Gasteiger partial charge in [0.05, 0.1) is 6.04 Å². The molecule has 0 fully saturated rings. The van der Waals surface area contributed by atoms with Crippen LogP contribution in [0.2, 0.25) is 0 Å². The van der Waals surface area contributed by atoms with Gasteiger partial charge in [-0.1, -0.05) is 0 Å². The molecular weight excluding hydrogens is 244 g/mol. The first-order valence-electron chi connectivity index (χ1n) is 6.21. The van der Waals surface area contributed by atoms with Crippen molar-refractivity contribution in [3.8, 4) is 0 Å². The summed E-state index contributed by atoms with van der Waals surface area (Å²) in [5.41, 5.74) is 0. The Morgan fingerprint density at radius 2 is 2.16 bits per heavy atom. The van der Waals surface area contributed by atoms with Gasteiger partial charge in [0.15, 0.2) is 5.82 Å². The van der Waals surface area contributed by atoms with Crippen molar-refractivity contribution < 1.29 is 4.74 Å². The molecular formula is C12H18N6O. The van der Waals surface area contributed by atoms with Crippen LogP contribution in [0.3, 0.4) is 0 Å². The van der Waals surface area contributed by atoms with Gasteiger partial charge in [-0.15, -0.1) is 10.2 Å². The Hall–Kier alpha value is -2.02. The van der Waals surface area contributed by atoms with Gasteiger partial charge in [-0.2, -0.15) is 0 Å². The number of aromatic nitrogens is 5. The molecule has 2 heterocycles. The Kier molecular flexibility index (Phi) is 4.79. The second-order valence-corrected chi connectivity index (χ2v) is 4.17. The lowest BCUT2D eigenvalue weighted by Gasteiger charge is -2.14. The highest BCUT2D eigenvalue weighted by atomic mass is 16.5. The maximum atomic E-state index is 5.05. The molecule has 1 atom stereocenters. The third kappa shape index (κ3) is 3.72. The second-order valence-electron chi connectivity index (χ2n) is 4.17. The number of hydrogen-bond acceptors (Lipinski definition) is 6. The summed E-state index contributed by atoms with van der Waals surface area (Å²) >= 11 is 0.